The van der Waals surface area contributed by atoms with E-state index in [9.17, 15) is 0 Å². The average Bonchev–Trinajstić information content (AvgIpc) is 2.39. The summed E-state index contributed by atoms with van der Waals surface area (Å²) in [4.78, 5) is 4.21. The number of nitrogens with zero attached hydrogens (tertiary/aromatic N) is 1. The van der Waals surface area contributed by atoms with Crippen LogP contribution in [0.3, 0.4) is 0 Å². The third-order valence-corrected chi connectivity index (χ3v) is 9.13. The van der Waals surface area contributed by atoms with Gasteiger partial charge in [0.15, 0.2) is 8.32 Å². The fourth-order valence-corrected chi connectivity index (χ4v) is 2.80. The highest BCUT2D eigenvalue weighted by molar-refractivity contribution is 9.10. The van der Waals surface area contributed by atoms with E-state index in [0.29, 0.717) is 19.8 Å². The van der Waals surface area contributed by atoms with Crippen molar-refractivity contribution in [3.63, 3.8) is 0 Å². The summed E-state index contributed by atoms with van der Waals surface area (Å²) >= 11 is 3.42. The molecule has 0 aliphatic heterocycles. The molecule has 0 N–H and O–H groups in total. The first-order valence-corrected chi connectivity index (χ1v) is 10.8. The predicted octanol–water partition coefficient (Wildman–Crippen LogP) is 4.39. The quantitative estimate of drug-likeness (QED) is 0.402. The van der Waals surface area contributed by atoms with Crippen molar-refractivity contribution >= 4 is 24.2 Å². The molecule has 1 aromatic heterocycles. The summed E-state index contributed by atoms with van der Waals surface area (Å²) in [5.41, 5.74) is 0.974. The largest absolute Gasteiger partial charge is 0.495 e. The molecule has 0 aliphatic rings. The maximum Gasteiger partial charge on any atom is 0.192 e. The second kappa shape index (κ2) is 7.72. The van der Waals surface area contributed by atoms with Crippen molar-refractivity contribution < 1.29 is 13.9 Å². The summed E-state index contributed by atoms with van der Waals surface area (Å²) < 4.78 is 17.7. The monoisotopic (exact) mass is 375 g/mol. The molecule has 1 heterocycles. The number of methoxy groups -OCH3 is 1. The van der Waals surface area contributed by atoms with Gasteiger partial charge in [0.25, 0.3) is 0 Å². The molecule has 0 unspecified atom stereocenters. The third kappa shape index (κ3) is 5.69. The zero-order valence-corrected chi connectivity index (χ0v) is 16.4. The van der Waals surface area contributed by atoms with E-state index in [2.05, 4.69) is 54.8 Å². The summed E-state index contributed by atoms with van der Waals surface area (Å²) in [6.45, 7) is 12.9. The summed E-state index contributed by atoms with van der Waals surface area (Å²) in [6.07, 6.45) is 1.67. The van der Waals surface area contributed by atoms with Gasteiger partial charge in [0.05, 0.1) is 33.1 Å². The van der Waals surface area contributed by atoms with E-state index >= 15 is 0 Å². The molecule has 1 aromatic rings. The number of aromatic nitrogens is 1. The Morgan fingerprint density at radius 2 is 1.90 bits per heavy atom. The predicted molar refractivity (Wildman–Crippen MR) is 91.3 cm³/mol. The summed E-state index contributed by atoms with van der Waals surface area (Å²) in [5, 5.41) is 0.229. The Balaban J connectivity index is 2.38. The lowest BCUT2D eigenvalue weighted by molar-refractivity contribution is 0.0839. The molecule has 0 aliphatic carbocycles. The second-order valence-corrected chi connectivity index (χ2v) is 12.0. The van der Waals surface area contributed by atoms with Gasteiger partial charge >= 0.3 is 0 Å². The first kappa shape index (κ1) is 18.6. The fraction of sp³-hybridized carbons (Fsp3) is 0.667. The number of hydrogen-bond acceptors (Lipinski definition) is 4. The van der Waals surface area contributed by atoms with E-state index in [1.807, 2.05) is 6.07 Å². The molecular weight excluding hydrogens is 350 g/mol. The van der Waals surface area contributed by atoms with Crippen molar-refractivity contribution in [2.45, 2.75) is 45.5 Å². The number of pyridine rings is 1. The minimum atomic E-state index is -1.68. The van der Waals surface area contributed by atoms with Crippen LogP contribution < -0.4 is 4.74 Å². The molecule has 1 rings (SSSR count). The lowest BCUT2D eigenvalue weighted by Crippen LogP contribution is -2.41. The Hall–Kier alpha value is -0.433. The maximum absolute atomic E-state index is 6.07. The van der Waals surface area contributed by atoms with E-state index in [0.717, 1.165) is 15.9 Å². The van der Waals surface area contributed by atoms with Crippen LogP contribution in [-0.4, -0.2) is 33.6 Å². The highest BCUT2D eigenvalue weighted by atomic mass is 79.9. The van der Waals surface area contributed by atoms with Gasteiger partial charge in [-0.15, -0.1) is 0 Å². The van der Waals surface area contributed by atoms with Crippen molar-refractivity contribution in [1.29, 1.82) is 0 Å². The molecule has 0 aromatic carbocycles. The molecule has 0 bridgehead atoms. The van der Waals surface area contributed by atoms with Crippen molar-refractivity contribution in [2.24, 2.45) is 0 Å². The van der Waals surface area contributed by atoms with Gasteiger partial charge in [0.1, 0.15) is 10.4 Å². The molecule has 0 amide bonds. The zero-order chi connectivity index (χ0) is 16.1. The van der Waals surface area contributed by atoms with Gasteiger partial charge in [-0.25, -0.2) is 4.98 Å². The Morgan fingerprint density at radius 1 is 1.24 bits per heavy atom. The number of halogens is 1. The Morgan fingerprint density at radius 3 is 2.48 bits per heavy atom. The van der Waals surface area contributed by atoms with Crippen molar-refractivity contribution in [2.75, 3.05) is 20.3 Å². The SMILES string of the molecule is COc1cnc(Br)c(COCCO[Si](C)(C)C(C)(C)C)c1. The first-order valence-electron chi connectivity index (χ1n) is 7.07. The second-order valence-electron chi connectivity index (χ2n) is 6.49. The molecule has 0 fully saturated rings. The topological polar surface area (TPSA) is 40.6 Å². The Labute approximate surface area is 137 Å². The molecule has 4 nitrogen and oxygen atoms in total. The van der Waals surface area contributed by atoms with E-state index in [-0.39, 0.29) is 5.04 Å². The number of hydrogen-bond donors (Lipinski definition) is 0. The maximum atomic E-state index is 6.07. The fourth-order valence-electron chi connectivity index (χ4n) is 1.44. The highest BCUT2D eigenvalue weighted by Gasteiger charge is 2.36. The van der Waals surface area contributed by atoms with Gasteiger partial charge in [-0.05, 0) is 40.1 Å². The van der Waals surface area contributed by atoms with E-state index in [4.69, 9.17) is 13.9 Å². The number of ether oxygens (including phenoxy) is 2. The molecule has 6 heteroatoms. The Bertz CT molecular complexity index is 461. The molecule has 0 atom stereocenters. The van der Waals surface area contributed by atoms with Gasteiger partial charge in [0.2, 0.25) is 0 Å². The zero-order valence-electron chi connectivity index (χ0n) is 13.8. The summed E-state index contributed by atoms with van der Waals surface area (Å²) in [6, 6.07) is 1.92. The summed E-state index contributed by atoms with van der Waals surface area (Å²) in [7, 11) is -0.0538. The van der Waals surface area contributed by atoms with E-state index < -0.39 is 8.32 Å². The van der Waals surface area contributed by atoms with Crippen LogP contribution in [0.15, 0.2) is 16.9 Å². The van der Waals surface area contributed by atoms with Gasteiger partial charge in [-0.3, -0.25) is 0 Å². The molecule has 0 spiro atoms. The van der Waals surface area contributed by atoms with Gasteiger partial charge in [0, 0.05) is 5.56 Å². The van der Waals surface area contributed by atoms with Crippen LogP contribution in [0.25, 0.3) is 0 Å². The molecule has 21 heavy (non-hydrogen) atoms. The lowest BCUT2D eigenvalue weighted by Gasteiger charge is -2.36. The van der Waals surface area contributed by atoms with E-state index in [1.165, 1.54) is 0 Å². The summed E-state index contributed by atoms with van der Waals surface area (Å²) in [5.74, 6) is 0.731. The van der Waals surface area contributed by atoms with Crippen LogP contribution in [-0.2, 0) is 15.8 Å². The van der Waals surface area contributed by atoms with Crippen LogP contribution >= 0.6 is 15.9 Å². The third-order valence-electron chi connectivity index (χ3n) is 3.88. The first-order chi connectivity index (χ1) is 9.67. The van der Waals surface area contributed by atoms with Gasteiger partial charge in [-0.2, -0.15) is 0 Å². The van der Waals surface area contributed by atoms with E-state index in [1.54, 1.807) is 13.3 Å². The van der Waals surface area contributed by atoms with Crippen molar-refractivity contribution in [3.8, 4) is 5.75 Å². The average molecular weight is 376 g/mol. The van der Waals surface area contributed by atoms with Crippen molar-refractivity contribution in [3.05, 3.63) is 22.4 Å². The van der Waals surface area contributed by atoms with Crippen LogP contribution in [0, 0.1) is 0 Å². The van der Waals surface area contributed by atoms with Crippen LogP contribution in [0.2, 0.25) is 18.1 Å². The molecule has 0 radical (unpaired) electrons. The molecule has 120 valence electrons. The lowest BCUT2D eigenvalue weighted by atomic mass is 10.2. The molecule has 0 saturated heterocycles. The van der Waals surface area contributed by atoms with Crippen LogP contribution in [0.5, 0.6) is 5.75 Å². The normalized spacial score (nSPS) is 12.5. The molecule has 0 saturated carbocycles. The standard InChI is InChI=1S/C15H26BrNO3Si/c1-15(2,3)21(5,6)20-8-7-19-11-12-9-13(18-4)10-17-14(12)16/h9-10H,7-8,11H2,1-6H3. The van der Waals surface area contributed by atoms with Crippen LogP contribution in [0.1, 0.15) is 26.3 Å². The minimum Gasteiger partial charge on any atom is -0.495 e. The Kier molecular flexibility index (Phi) is 6.84. The number of rotatable bonds is 7. The smallest absolute Gasteiger partial charge is 0.192 e. The van der Waals surface area contributed by atoms with Gasteiger partial charge in [-0.1, -0.05) is 20.8 Å². The van der Waals surface area contributed by atoms with Gasteiger partial charge < -0.3 is 13.9 Å². The van der Waals surface area contributed by atoms with Crippen LogP contribution in [0.4, 0.5) is 0 Å². The highest BCUT2D eigenvalue weighted by Crippen LogP contribution is 2.36. The minimum absolute atomic E-state index is 0.229. The molecular formula is C15H26BrNO3Si. The van der Waals surface area contributed by atoms with Crippen molar-refractivity contribution in [1.82, 2.24) is 4.98 Å².